The minimum Gasteiger partial charge on any atom is -0.451 e. The Kier molecular flexibility index (Phi) is 7.28. The minimum atomic E-state index is -3.93. The molecule has 0 aliphatic carbocycles. The van der Waals surface area contributed by atoms with Crippen LogP contribution in [-0.4, -0.2) is 39.0 Å². The van der Waals surface area contributed by atoms with Crippen molar-refractivity contribution in [2.45, 2.75) is 38.7 Å². The number of benzene rings is 1. The molecule has 1 aromatic carbocycles. The summed E-state index contributed by atoms with van der Waals surface area (Å²) in [6, 6.07) is 3.84. The lowest BCUT2D eigenvalue weighted by molar-refractivity contribution is -0.157. The fourth-order valence-corrected chi connectivity index (χ4v) is 3.39. The van der Waals surface area contributed by atoms with Crippen LogP contribution in [0.4, 0.5) is 4.79 Å². The van der Waals surface area contributed by atoms with Crippen molar-refractivity contribution in [3.8, 4) is 0 Å². The summed E-state index contributed by atoms with van der Waals surface area (Å²) in [5.41, 5.74) is 6.14. The number of hydrogen-bond acceptors (Lipinski definition) is 6. The summed E-state index contributed by atoms with van der Waals surface area (Å²) in [6.45, 7) is 5.91. The van der Waals surface area contributed by atoms with Crippen molar-refractivity contribution in [2.24, 2.45) is 11.7 Å². The number of aryl methyl sites for hydroxylation is 2. The van der Waals surface area contributed by atoms with Gasteiger partial charge < -0.3 is 10.5 Å². The number of nitrogens with two attached hydrogens (primary N) is 1. The molecule has 10 heteroatoms. The van der Waals surface area contributed by atoms with Crippen LogP contribution in [-0.2, 0) is 24.3 Å². The van der Waals surface area contributed by atoms with Crippen LogP contribution in [0.1, 0.15) is 25.0 Å². The van der Waals surface area contributed by atoms with Gasteiger partial charge in [-0.25, -0.2) is 13.2 Å². The zero-order valence-corrected chi connectivity index (χ0v) is 15.8. The molecule has 0 bridgehead atoms. The van der Waals surface area contributed by atoms with Gasteiger partial charge in [0.1, 0.15) is 6.54 Å². The van der Waals surface area contributed by atoms with Gasteiger partial charge in [0.15, 0.2) is 6.10 Å². The van der Waals surface area contributed by atoms with Crippen molar-refractivity contribution < 1.29 is 27.5 Å². The number of urea groups is 1. The number of sulfonamides is 1. The third kappa shape index (κ3) is 6.12. The molecule has 0 fully saturated rings. The lowest BCUT2D eigenvalue weighted by Gasteiger charge is -2.20. The number of nitrogens with one attached hydrogen (secondary N) is 2. The highest BCUT2D eigenvalue weighted by molar-refractivity contribution is 7.89. The molecule has 1 atom stereocenters. The van der Waals surface area contributed by atoms with Crippen molar-refractivity contribution in [3.63, 3.8) is 0 Å². The Labute approximate surface area is 152 Å². The van der Waals surface area contributed by atoms with E-state index in [1.165, 1.54) is 6.07 Å². The number of amides is 3. The van der Waals surface area contributed by atoms with E-state index >= 15 is 0 Å². The number of rotatable bonds is 7. The number of hydrogen-bond donors (Lipinski definition) is 3. The van der Waals surface area contributed by atoms with Gasteiger partial charge in [-0.05, 0) is 37.0 Å². The van der Waals surface area contributed by atoms with Crippen LogP contribution in [0.2, 0.25) is 0 Å². The van der Waals surface area contributed by atoms with Crippen LogP contribution in [0, 0.1) is 19.8 Å². The lowest BCUT2D eigenvalue weighted by atomic mass is 10.1. The van der Waals surface area contributed by atoms with E-state index in [0.717, 1.165) is 5.56 Å². The molecule has 0 aromatic heterocycles. The third-order valence-electron chi connectivity index (χ3n) is 3.41. The molecule has 0 spiro atoms. The summed E-state index contributed by atoms with van der Waals surface area (Å²) < 4.78 is 31.8. The van der Waals surface area contributed by atoms with E-state index in [1.54, 1.807) is 39.8 Å². The van der Waals surface area contributed by atoms with Crippen molar-refractivity contribution in [1.29, 1.82) is 0 Å². The first-order chi connectivity index (χ1) is 11.9. The van der Waals surface area contributed by atoms with Crippen molar-refractivity contribution in [3.05, 3.63) is 29.3 Å². The second kappa shape index (κ2) is 8.77. The summed E-state index contributed by atoms with van der Waals surface area (Å²) in [7, 11) is -3.93. The van der Waals surface area contributed by atoms with Crippen molar-refractivity contribution in [1.82, 2.24) is 10.0 Å². The zero-order valence-electron chi connectivity index (χ0n) is 15.0. The molecule has 0 heterocycles. The van der Waals surface area contributed by atoms with Crippen LogP contribution < -0.4 is 15.8 Å². The van der Waals surface area contributed by atoms with Gasteiger partial charge in [0, 0.05) is 0 Å². The molecular formula is C16H23N3O6S. The molecule has 0 aliphatic heterocycles. The first-order valence-electron chi connectivity index (χ1n) is 7.80. The quantitative estimate of drug-likeness (QED) is 0.577. The number of imide groups is 1. The van der Waals surface area contributed by atoms with Gasteiger partial charge >= 0.3 is 12.0 Å². The highest BCUT2D eigenvalue weighted by atomic mass is 32.2. The van der Waals surface area contributed by atoms with E-state index in [9.17, 15) is 22.8 Å². The van der Waals surface area contributed by atoms with E-state index < -0.39 is 46.5 Å². The Bertz CT molecular complexity index is 804. The predicted molar refractivity (Wildman–Crippen MR) is 93.5 cm³/mol. The number of primary amides is 1. The molecule has 3 amide bonds. The van der Waals surface area contributed by atoms with Gasteiger partial charge in [0.2, 0.25) is 10.0 Å². The topological polar surface area (TPSA) is 145 Å². The molecule has 26 heavy (non-hydrogen) atoms. The van der Waals surface area contributed by atoms with Crippen LogP contribution in [0.5, 0.6) is 0 Å². The van der Waals surface area contributed by atoms with Gasteiger partial charge in [-0.3, -0.25) is 14.9 Å². The summed E-state index contributed by atoms with van der Waals surface area (Å²) >= 11 is 0. The van der Waals surface area contributed by atoms with Crippen molar-refractivity contribution >= 4 is 27.9 Å². The van der Waals surface area contributed by atoms with Gasteiger partial charge in [-0.1, -0.05) is 26.0 Å². The SMILES string of the molecule is Cc1ccc(C)c(S(=O)(=O)NCC(=O)O[C@@H](C(=O)NC(N)=O)C(C)C)c1. The maximum absolute atomic E-state index is 12.3. The Morgan fingerprint density at radius 1 is 1.19 bits per heavy atom. The van der Waals surface area contributed by atoms with Crippen LogP contribution in [0.15, 0.2) is 23.1 Å². The molecule has 0 aliphatic rings. The number of carbonyl (C=O) groups excluding carboxylic acids is 3. The highest BCUT2D eigenvalue weighted by Crippen LogP contribution is 2.16. The molecule has 4 N–H and O–H groups in total. The first kappa shape index (κ1) is 21.6. The van der Waals surface area contributed by atoms with Gasteiger partial charge in [0.25, 0.3) is 5.91 Å². The molecular weight excluding hydrogens is 362 g/mol. The molecule has 0 saturated carbocycles. The standard InChI is InChI=1S/C16H23N3O6S/c1-9(2)14(15(21)19-16(17)22)25-13(20)8-18-26(23,24)12-7-10(3)5-6-11(12)4/h5-7,9,14,18H,8H2,1-4H3,(H3,17,19,21,22)/t14-/m1/s1. The van der Waals surface area contributed by atoms with Crippen molar-refractivity contribution in [2.75, 3.05) is 6.54 Å². The number of esters is 1. The number of ether oxygens (including phenoxy) is 1. The summed E-state index contributed by atoms with van der Waals surface area (Å²) in [6.07, 6.45) is -1.28. The third-order valence-corrected chi connectivity index (χ3v) is 4.95. The van der Waals surface area contributed by atoms with Crippen LogP contribution in [0.3, 0.4) is 0 Å². The average Bonchev–Trinajstić information content (AvgIpc) is 2.51. The molecule has 1 aromatic rings. The van der Waals surface area contributed by atoms with Crippen LogP contribution >= 0.6 is 0 Å². The van der Waals surface area contributed by atoms with E-state index in [4.69, 9.17) is 10.5 Å². The summed E-state index contributed by atoms with van der Waals surface area (Å²) in [5.74, 6) is -2.29. The Hall–Kier alpha value is -2.46. The maximum atomic E-state index is 12.3. The van der Waals surface area contributed by atoms with Gasteiger partial charge in [0.05, 0.1) is 4.90 Å². The monoisotopic (exact) mass is 385 g/mol. The van der Waals surface area contributed by atoms with E-state index in [-0.39, 0.29) is 4.90 Å². The van der Waals surface area contributed by atoms with E-state index in [2.05, 4.69) is 4.72 Å². The summed E-state index contributed by atoms with van der Waals surface area (Å²) in [5, 5.41) is 1.83. The molecule has 0 radical (unpaired) electrons. The molecule has 144 valence electrons. The maximum Gasteiger partial charge on any atom is 0.321 e. The molecule has 1 rings (SSSR count). The van der Waals surface area contributed by atoms with Gasteiger partial charge in [-0.15, -0.1) is 0 Å². The Morgan fingerprint density at radius 2 is 1.81 bits per heavy atom. The molecule has 0 saturated heterocycles. The minimum absolute atomic E-state index is 0.0529. The summed E-state index contributed by atoms with van der Waals surface area (Å²) in [4.78, 5) is 34.5. The fraction of sp³-hybridized carbons (Fsp3) is 0.438. The second-order valence-electron chi connectivity index (χ2n) is 6.10. The Morgan fingerprint density at radius 3 is 2.35 bits per heavy atom. The lowest BCUT2D eigenvalue weighted by Crippen LogP contribution is -2.46. The molecule has 0 unspecified atom stereocenters. The Balaban J connectivity index is 2.79. The van der Waals surface area contributed by atoms with Crippen LogP contribution in [0.25, 0.3) is 0 Å². The fourth-order valence-electron chi connectivity index (χ4n) is 2.10. The first-order valence-corrected chi connectivity index (χ1v) is 9.29. The smallest absolute Gasteiger partial charge is 0.321 e. The predicted octanol–water partition coefficient (Wildman–Crippen LogP) is 0.344. The normalized spacial score (nSPS) is 12.5. The molecule has 9 nitrogen and oxygen atoms in total. The van der Waals surface area contributed by atoms with E-state index in [1.807, 2.05) is 5.32 Å². The largest absolute Gasteiger partial charge is 0.451 e. The van der Waals surface area contributed by atoms with Gasteiger partial charge in [-0.2, -0.15) is 4.72 Å². The highest BCUT2D eigenvalue weighted by Gasteiger charge is 2.28. The average molecular weight is 385 g/mol. The number of carbonyl (C=O) groups is 3. The second-order valence-corrected chi connectivity index (χ2v) is 7.84. The van der Waals surface area contributed by atoms with E-state index in [0.29, 0.717) is 5.56 Å². The zero-order chi connectivity index (χ0) is 20.1.